The van der Waals surface area contributed by atoms with E-state index in [1.165, 1.54) is 17.1 Å². The quantitative estimate of drug-likeness (QED) is 0.854. The number of hydrogen-bond donors (Lipinski definition) is 2. The Hall–Kier alpha value is -2.70. The van der Waals surface area contributed by atoms with Gasteiger partial charge in [-0.1, -0.05) is 6.07 Å². The summed E-state index contributed by atoms with van der Waals surface area (Å²) in [6.07, 6.45) is 4.44. The van der Waals surface area contributed by atoms with Gasteiger partial charge in [-0.25, -0.2) is 4.79 Å². The van der Waals surface area contributed by atoms with Gasteiger partial charge in [0.15, 0.2) is 6.04 Å². The van der Waals surface area contributed by atoms with Crippen molar-refractivity contribution in [2.24, 2.45) is 7.05 Å². The first-order chi connectivity index (χ1) is 9.49. The van der Waals surface area contributed by atoms with Gasteiger partial charge in [0.1, 0.15) is 5.69 Å². The van der Waals surface area contributed by atoms with Crippen molar-refractivity contribution in [2.75, 3.05) is 0 Å². The molecule has 0 bridgehead atoms. The maximum atomic E-state index is 12.1. The molecule has 0 saturated carbocycles. The minimum Gasteiger partial charge on any atom is -0.479 e. The van der Waals surface area contributed by atoms with Crippen LogP contribution in [0.15, 0.2) is 30.7 Å². The topological polar surface area (TPSA) is 97.1 Å². The van der Waals surface area contributed by atoms with Gasteiger partial charge in [0.05, 0.1) is 6.20 Å². The minimum absolute atomic E-state index is 0.211. The van der Waals surface area contributed by atoms with E-state index in [4.69, 9.17) is 0 Å². The van der Waals surface area contributed by atoms with Crippen molar-refractivity contribution in [3.05, 3.63) is 47.5 Å². The van der Waals surface area contributed by atoms with Crippen molar-refractivity contribution in [3.63, 3.8) is 0 Å². The van der Waals surface area contributed by atoms with Gasteiger partial charge in [-0.15, -0.1) is 0 Å². The largest absolute Gasteiger partial charge is 0.479 e. The van der Waals surface area contributed by atoms with Crippen LogP contribution in [-0.2, 0) is 11.8 Å². The monoisotopic (exact) mass is 274 g/mol. The Morgan fingerprint density at radius 1 is 1.45 bits per heavy atom. The highest BCUT2D eigenvalue weighted by Gasteiger charge is 2.25. The van der Waals surface area contributed by atoms with Gasteiger partial charge < -0.3 is 10.4 Å². The number of aryl methyl sites for hydroxylation is 2. The highest BCUT2D eigenvalue weighted by Crippen LogP contribution is 2.13. The maximum Gasteiger partial charge on any atom is 0.331 e. The van der Waals surface area contributed by atoms with E-state index in [0.717, 1.165) is 0 Å². The lowest BCUT2D eigenvalue weighted by Gasteiger charge is -2.13. The van der Waals surface area contributed by atoms with Gasteiger partial charge in [0.2, 0.25) is 0 Å². The molecule has 104 valence electrons. The number of carbonyl (C=O) groups excluding carboxylic acids is 1. The fourth-order valence-electron chi connectivity index (χ4n) is 1.80. The van der Waals surface area contributed by atoms with Crippen molar-refractivity contribution < 1.29 is 14.7 Å². The molecule has 0 aliphatic rings. The van der Waals surface area contributed by atoms with Gasteiger partial charge >= 0.3 is 5.97 Å². The van der Waals surface area contributed by atoms with Crippen LogP contribution in [0.5, 0.6) is 0 Å². The molecule has 0 fully saturated rings. The van der Waals surface area contributed by atoms with Crippen LogP contribution >= 0.6 is 0 Å². The first-order valence-corrected chi connectivity index (χ1v) is 5.93. The number of hydrogen-bond acceptors (Lipinski definition) is 4. The van der Waals surface area contributed by atoms with Crippen LogP contribution in [0.4, 0.5) is 0 Å². The Morgan fingerprint density at radius 2 is 2.20 bits per heavy atom. The Balaban J connectivity index is 2.23. The second-order valence-electron chi connectivity index (χ2n) is 4.36. The molecule has 0 saturated heterocycles. The van der Waals surface area contributed by atoms with Crippen molar-refractivity contribution in [3.8, 4) is 0 Å². The van der Waals surface area contributed by atoms with E-state index in [2.05, 4.69) is 15.4 Å². The molecular formula is C13H14N4O3. The van der Waals surface area contributed by atoms with Gasteiger partial charge in [-0.2, -0.15) is 5.10 Å². The van der Waals surface area contributed by atoms with E-state index in [1.807, 2.05) is 0 Å². The average molecular weight is 274 g/mol. The van der Waals surface area contributed by atoms with Gasteiger partial charge in [0.25, 0.3) is 5.91 Å². The molecule has 0 spiro atoms. The van der Waals surface area contributed by atoms with Crippen LogP contribution in [-0.4, -0.2) is 31.7 Å². The summed E-state index contributed by atoms with van der Waals surface area (Å²) in [4.78, 5) is 27.3. The summed E-state index contributed by atoms with van der Waals surface area (Å²) in [6.45, 7) is 1.74. The van der Waals surface area contributed by atoms with E-state index < -0.39 is 17.9 Å². The molecule has 1 amide bonds. The number of amides is 1. The predicted octanol–water partition coefficient (Wildman–Crippen LogP) is 0.679. The number of rotatable bonds is 4. The van der Waals surface area contributed by atoms with Crippen LogP contribution in [0.25, 0.3) is 0 Å². The molecule has 7 heteroatoms. The van der Waals surface area contributed by atoms with Crippen LogP contribution in [0, 0.1) is 6.92 Å². The number of aromatic nitrogens is 3. The molecule has 1 atom stereocenters. The van der Waals surface area contributed by atoms with E-state index in [1.54, 1.807) is 32.3 Å². The smallest absolute Gasteiger partial charge is 0.331 e. The molecule has 0 aliphatic heterocycles. The Morgan fingerprint density at radius 3 is 2.75 bits per heavy atom. The molecule has 2 heterocycles. The summed E-state index contributed by atoms with van der Waals surface area (Å²) in [5.41, 5.74) is 1.30. The lowest BCUT2D eigenvalue weighted by molar-refractivity contribution is -0.139. The van der Waals surface area contributed by atoms with E-state index in [0.29, 0.717) is 11.1 Å². The summed E-state index contributed by atoms with van der Waals surface area (Å²) in [5, 5.41) is 15.6. The van der Waals surface area contributed by atoms with Crippen LogP contribution in [0.1, 0.15) is 27.7 Å². The Kier molecular flexibility index (Phi) is 3.79. The Bertz CT molecular complexity index is 651. The Labute approximate surface area is 115 Å². The van der Waals surface area contributed by atoms with Crippen LogP contribution in [0.2, 0.25) is 0 Å². The molecule has 2 aromatic heterocycles. The normalized spacial score (nSPS) is 11.9. The summed E-state index contributed by atoms with van der Waals surface area (Å²) >= 11 is 0. The first-order valence-electron chi connectivity index (χ1n) is 5.93. The minimum atomic E-state index is -1.15. The van der Waals surface area contributed by atoms with Crippen molar-refractivity contribution in [1.82, 2.24) is 20.1 Å². The SMILES string of the molecule is Cc1cccnc1C(=O)NC(C(=O)O)c1cnn(C)c1. The third-order valence-electron chi connectivity index (χ3n) is 2.81. The van der Waals surface area contributed by atoms with Crippen molar-refractivity contribution in [1.29, 1.82) is 0 Å². The number of aliphatic carboxylic acids is 1. The summed E-state index contributed by atoms with van der Waals surface area (Å²) in [7, 11) is 1.67. The number of carboxylic acids is 1. The fourth-order valence-corrected chi connectivity index (χ4v) is 1.80. The second kappa shape index (κ2) is 5.52. The molecule has 2 rings (SSSR count). The second-order valence-corrected chi connectivity index (χ2v) is 4.36. The van der Waals surface area contributed by atoms with Crippen molar-refractivity contribution in [2.45, 2.75) is 13.0 Å². The zero-order valence-electron chi connectivity index (χ0n) is 11.1. The van der Waals surface area contributed by atoms with Gasteiger partial charge in [-0.3, -0.25) is 14.5 Å². The molecule has 0 aliphatic carbocycles. The van der Waals surface area contributed by atoms with Gasteiger partial charge in [0, 0.05) is 25.0 Å². The molecular weight excluding hydrogens is 260 g/mol. The zero-order chi connectivity index (χ0) is 14.7. The standard InChI is InChI=1S/C13H14N4O3/c1-8-4-3-5-14-10(8)12(18)16-11(13(19)20)9-6-15-17(2)7-9/h3-7,11H,1-2H3,(H,16,18)(H,19,20). The summed E-state index contributed by atoms with van der Waals surface area (Å²) in [5.74, 6) is -1.68. The van der Waals surface area contributed by atoms with Crippen LogP contribution < -0.4 is 5.32 Å². The third-order valence-corrected chi connectivity index (χ3v) is 2.81. The number of nitrogens with one attached hydrogen (secondary N) is 1. The van der Waals surface area contributed by atoms with E-state index in [-0.39, 0.29) is 5.69 Å². The van der Waals surface area contributed by atoms with Crippen LogP contribution in [0.3, 0.4) is 0 Å². The van der Waals surface area contributed by atoms with E-state index in [9.17, 15) is 14.7 Å². The molecule has 0 aromatic carbocycles. The molecule has 0 radical (unpaired) electrons. The zero-order valence-corrected chi connectivity index (χ0v) is 11.1. The van der Waals surface area contributed by atoms with Crippen molar-refractivity contribution >= 4 is 11.9 Å². The lowest BCUT2D eigenvalue weighted by atomic mass is 10.1. The van der Waals surface area contributed by atoms with E-state index >= 15 is 0 Å². The molecule has 7 nitrogen and oxygen atoms in total. The summed E-state index contributed by atoms with van der Waals surface area (Å²) in [6, 6.07) is 2.29. The predicted molar refractivity (Wildman–Crippen MR) is 70.0 cm³/mol. The molecule has 20 heavy (non-hydrogen) atoms. The first kappa shape index (κ1) is 13.7. The number of carbonyl (C=O) groups is 2. The fraction of sp³-hybridized carbons (Fsp3) is 0.231. The number of carboxylic acid groups (broad SMARTS) is 1. The highest BCUT2D eigenvalue weighted by atomic mass is 16.4. The maximum absolute atomic E-state index is 12.1. The average Bonchev–Trinajstić information content (AvgIpc) is 2.82. The molecule has 2 N–H and O–H groups in total. The summed E-state index contributed by atoms with van der Waals surface area (Å²) < 4.78 is 1.48. The third kappa shape index (κ3) is 2.82. The lowest BCUT2D eigenvalue weighted by Crippen LogP contribution is -2.34. The van der Waals surface area contributed by atoms with Gasteiger partial charge in [-0.05, 0) is 18.6 Å². The highest BCUT2D eigenvalue weighted by molar-refractivity contribution is 5.96. The number of pyridine rings is 1. The number of nitrogens with zero attached hydrogens (tertiary/aromatic N) is 3. The molecule has 2 aromatic rings. The molecule has 1 unspecified atom stereocenters.